The summed E-state index contributed by atoms with van der Waals surface area (Å²) >= 11 is 11.7. The van der Waals surface area contributed by atoms with Crippen LogP contribution in [0.15, 0.2) is 133 Å². The van der Waals surface area contributed by atoms with Crippen molar-refractivity contribution in [1.29, 1.82) is 0 Å². The second kappa shape index (κ2) is 22.8. The number of aryl methyl sites for hydroxylation is 4. The first-order chi connectivity index (χ1) is 30.1. The highest BCUT2D eigenvalue weighted by Gasteiger charge is 2.22. The average molecular weight is 876 g/mol. The first-order valence-electron chi connectivity index (χ1n) is 20.7. The Balaban J connectivity index is 1.13. The number of hydrogen-bond acceptors (Lipinski definition) is 8. The topological polar surface area (TPSA) is 89.5 Å². The van der Waals surface area contributed by atoms with Crippen molar-refractivity contribution in [2.45, 2.75) is 52.7 Å². The minimum absolute atomic E-state index is 0.0787. The van der Waals surface area contributed by atoms with E-state index >= 15 is 0 Å². The van der Waals surface area contributed by atoms with Crippen molar-refractivity contribution in [2.24, 2.45) is 0 Å². The van der Waals surface area contributed by atoms with Crippen LogP contribution in [0.3, 0.4) is 0 Å². The fourth-order valence-electron chi connectivity index (χ4n) is 7.18. The molecular formula is C52H52Cl2O8. The lowest BCUT2D eigenvalue weighted by atomic mass is 9.96. The smallest absolute Gasteiger partial charge is 0.307 e. The predicted octanol–water partition coefficient (Wildman–Crippen LogP) is 11.9. The molecule has 8 nitrogen and oxygen atoms in total. The van der Waals surface area contributed by atoms with Gasteiger partial charge in [-0.3, -0.25) is 9.59 Å². The van der Waals surface area contributed by atoms with E-state index < -0.39 is 24.1 Å². The molecule has 10 heteroatoms. The Hall–Kier alpha value is -5.96. The molecule has 0 fully saturated rings. The Morgan fingerprint density at radius 3 is 1.11 bits per heavy atom. The highest BCUT2D eigenvalue weighted by Crippen LogP contribution is 2.36. The van der Waals surface area contributed by atoms with E-state index in [4.69, 9.17) is 51.6 Å². The molecule has 6 aromatic rings. The minimum Gasteiger partial charge on any atom is -0.489 e. The number of carbonyl (C=O) groups is 2. The summed E-state index contributed by atoms with van der Waals surface area (Å²) in [5.41, 5.74) is 9.62. The maximum absolute atomic E-state index is 12.6. The van der Waals surface area contributed by atoms with E-state index in [2.05, 4.69) is 24.3 Å². The van der Waals surface area contributed by atoms with E-state index in [9.17, 15) is 9.59 Å². The summed E-state index contributed by atoms with van der Waals surface area (Å²) in [6.07, 6.45) is -1.22. The van der Waals surface area contributed by atoms with Gasteiger partial charge >= 0.3 is 11.9 Å². The van der Waals surface area contributed by atoms with Gasteiger partial charge in [0.2, 0.25) is 0 Å². The molecule has 0 N–H and O–H groups in total. The van der Waals surface area contributed by atoms with E-state index in [-0.39, 0.29) is 51.0 Å². The van der Waals surface area contributed by atoms with Gasteiger partial charge in [-0.2, -0.15) is 0 Å². The molecule has 0 aliphatic carbocycles. The third kappa shape index (κ3) is 12.6. The van der Waals surface area contributed by atoms with Crippen LogP contribution >= 0.6 is 23.2 Å². The summed E-state index contributed by atoms with van der Waals surface area (Å²) in [5.74, 6) is 2.23. The van der Waals surface area contributed by atoms with Crippen LogP contribution in [0, 0.1) is 27.7 Å². The van der Waals surface area contributed by atoms with Crippen LogP contribution in [-0.4, -0.2) is 62.3 Å². The van der Waals surface area contributed by atoms with Gasteiger partial charge < -0.3 is 28.4 Å². The van der Waals surface area contributed by atoms with Gasteiger partial charge in [-0.15, -0.1) is 23.2 Å². The molecule has 0 aliphatic heterocycles. The number of ether oxygens (including phenoxy) is 6. The molecule has 0 radical (unpaired) electrons. The average Bonchev–Trinajstić information content (AvgIpc) is 3.27. The molecule has 322 valence electrons. The Morgan fingerprint density at radius 1 is 0.435 bits per heavy atom. The molecule has 0 aromatic heterocycles. The van der Waals surface area contributed by atoms with Crippen LogP contribution in [0.5, 0.6) is 23.0 Å². The lowest BCUT2D eigenvalue weighted by Crippen LogP contribution is -2.31. The van der Waals surface area contributed by atoms with Crippen molar-refractivity contribution >= 4 is 35.1 Å². The van der Waals surface area contributed by atoms with Crippen LogP contribution in [-0.2, 0) is 19.1 Å². The molecule has 6 aromatic carbocycles. The van der Waals surface area contributed by atoms with Crippen LogP contribution in [0.2, 0.25) is 0 Å². The number of carbonyl (C=O) groups excluding carboxylic acids is 2. The van der Waals surface area contributed by atoms with Crippen LogP contribution in [0.4, 0.5) is 0 Å². The molecule has 0 amide bonds. The van der Waals surface area contributed by atoms with Crippen molar-refractivity contribution in [3.63, 3.8) is 0 Å². The Morgan fingerprint density at radius 2 is 0.758 bits per heavy atom. The molecule has 2 unspecified atom stereocenters. The first kappa shape index (κ1) is 45.6. The zero-order chi connectivity index (χ0) is 43.8. The molecule has 2 atom stereocenters. The number of para-hydroxylation sites is 2. The predicted molar refractivity (Wildman–Crippen MR) is 247 cm³/mol. The van der Waals surface area contributed by atoms with Crippen molar-refractivity contribution in [3.05, 3.63) is 156 Å². The number of rotatable bonds is 21. The van der Waals surface area contributed by atoms with Gasteiger partial charge in [0.25, 0.3) is 0 Å². The Labute approximate surface area is 374 Å². The molecule has 0 heterocycles. The van der Waals surface area contributed by atoms with E-state index in [1.165, 1.54) is 0 Å². The molecule has 0 spiro atoms. The SMILES string of the molecule is Cc1cc(-c2cc(C)c(OCC(COc3ccccc3-c3ccccc3)OC(=O)CCCl)c(C)c2)cc(C)c1OCC(COc1ccccc1-c1ccccc1)OC(=O)CCCl. The summed E-state index contributed by atoms with van der Waals surface area (Å²) in [6, 6.07) is 43.8. The fourth-order valence-corrected chi connectivity index (χ4v) is 7.49. The third-order valence-corrected chi connectivity index (χ3v) is 10.4. The van der Waals surface area contributed by atoms with Crippen molar-refractivity contribution in [3.8, 4) is 56.4 Å². The van der Waals surface area contributed by atoms with Crippen LogP contribution in [0.1, 0.15) is 35.1 Å². The summed E-state index contributed by atoms with van der Waals surface area (Å²) in [6.45, 7) is 8.33. The van der Waals surface area contributed by atoms with Gasteiger partial charge in [-0.05, 0) is 109 Å². The number of hydrogen-bond donors (Lipinski definition) is 0. The minimum atomic E-state index is -0.689. The van der Waals surface area contributed by atoms with Gasteiger partial charge in [0.1, 0.15) is 49.4 Å². The van der Waals surface area contributed by atoms with E-state index in [1.54, 1.807) is 0 Å². The monoisotopic (exact) mass is 874 g/mol. The molecule has 0 aliphatic rings. The summed E-state index contributed by atoms with van der Waals surface area (Å²) < 4.78 is 36.9. The van der Waals surface area contributed by atoms with Crippen LogP contribution < -0.4 is 18.9 Å². The van der Waals surface area contributed by atoms with Gasteiger partial charge in [0.05, 0.1) is 12.8 Å². The molecule has 6 rings (SSSR count). The number of halogens is 2. The van der Waals surface area contributed by atoms with Crippen LogP contribution in [0.25, 0.3) is 33.4 Å². The second-order valence-corrected chi connectivity index (χ2v) is 15.7. The molecular weight excluding hydrogens is 823 g/mol. The Kier molecular flexibility index (Phi) is 16.7. The van der Waals surface area contributed by atoms with Crippen molar-refractivity contribution < 1.29 is 38.0 Å². The number of alkyl halides is 2. The maximum atomic E-state index is 12.6. The van der Waals surface area contributed by atoms with Crippen molar-refractivity contribution in [1.82, 2.24) is 0 Å². The van der Waals surface area contributed by atoms with Gasteiger partial charge in [0, 0.05) is 22.9 Å². The summed E-state index contributed by atoms with van der Waals surface area (Å²) in [5, 5.41) is 0. The molecule has 0 saturated carbocycles. The molecule has 0 bridgehead atoms. The van der Waals surface area contributed by atoms with Crippen molar-refractivity contribution in [2.75, 3.05) is 38.2 Å². The highest BCUT2D eigenvalue weighted by atomic mass is 35.5. The standard InChI is InChI=1S/C52H52Cl2O8/c1-35-27-41(28-36(2)51(35)59-33-43(61-49(55)23-25-53)31-57-47-21-13-11-19-45(47)39-15-7-5-8-16-39)42-29-37(3)52(38(4)30-42)60-34-44(62-50(56)24-26-54)32-58-48-22-14-12-20-46(48)40-17-9-6-10-18-40/h5-22,27-30,43-44H,23-26,31-34H2,1-4H3. The van der Waals surface area contributed by atoms with E-state index in [0.29, 0.717) is 23.0 Å². The van der Waals surface area contributed by atoms with Gasteiger partial charge in [0.15, 0.2) is 12.2 Å². The Bertz CT molecular complexity index is 2190. The lowest BCUT2D eigenvalue weighted by molar-refractivity contribution is -0.152. The normalized spacial score (nSPS) is 11.9. The number of benzene rings is 6. The lowest BCUT2D eigenvalue weighted by Gasteiger charge is -2.22. The second-order valence-electron chi connectivity index (χ2n) is 14.9. The van der Waals surface area contributed by atoms with E-state index in [0.717, 1.165) is 55.6 Å². The number of esters is 2. The molecule has 0 saturated heterocycles. The first-order valence-corrected chi connectivity index (χ1v) is 21.7. The fraction of sp³-hybridized carbons (Fsp3) is 0.269. The van der Waals surface area contributed by atoms with Gasteiger partial charge in [-0.25, -0.2) is 0 Å². The third-order valence-electron chi connectivity index (χ3n) is 10.1. The largest absolute Gasteiger partial charge is 0.489 e. The zero-order valence-corrected chi connectivity index (χ0v) is 37.0. The maximum Gasteiger partial charge on any atom is 0.307 e. The van der Waals surface area contributed by atoms with E-state index in [1.807, 2.05) is 137 Å². The molecule has 62 heavy (non-hydrogen) atoms. The summed E-state index contributed by atoms with van der Waals surface area (Å²) in [7, 11) is 0. The highest BCUT2D eigenvalue weighted by molar-refractivity contribution is 6.19. The summed E-state index contributed by atoms with van der Waals surface area (Å²) in [4.78, 5) is 25.2. The quantitative estimate of drug-likeness (QED) is 0.0522. The van der Waals surface area contributed by atoms with Gasteiger partial charge in [-0.1, -0.05) is 97.1 Å². The zero-order valence-electron chi connectivity index (χ0n) is 35.5.